The number of rotatable bonds is 3. The van der Waals surface area contributed by atoms with Gasteiger partial charge in [0.15, 0.2) is 5.17 Å². The molecule has 0 aromatic carbocycles. The first-order valence-corrected chi connectivity index (χ1v) is 10.0. The number of thioether (sulfide) groups is 1. The van der Waals surface area contributed by atoms with Crippen molar-refractivity contribution in [2.45, 2.75) is 52.0 Å². The van der Waals surface area contributed by atoms with Gasteiger partial charge in [-0.2, -0.15) is 0 Å². The number of nitrogens with zero attached hydrogens (tertiary/aromatic N) is 1. The molecule has 2 nitrogen and oxygen atoms in total. The van der Waals surface area contributed by atoms with E-state index in [0.29, 0.717) is 17.4 Å². The van der Waals surface area contributed by atoms with Crippen LogP contribution in [0.3, 0.4) is 0 Å². The normalized spacial score (nSPS) is 23.1. The van der Waals surface area contributed by atoms with Crippen molar-refractivity contribution in [2.24, 2.45) is 16.3 Å². The van der Waals surface area contributed by atoms with Crippen LogP contribution in [0.4, 0.5) is 0 Å². The van der Waals surface area contributed by atoms with E-state index in [1.54, 1.807) is 0 Å². The molecule has 1 aromatic rings. The molecule has 116 valence electrons. The summed E-state index contributed by atoms with van der Waals surface area (Å²) in [6.45, 7) is 5.61. The lowest BCUT2D eigenvalue weighted by Gasteiger charge is -2.39. The van der Waals surface area contributed by atoms with E-state index in [0.717, 1.165) is 6.54 Å². The minimum atomic E-state index is 0.400. The largest absolute Gasteiger partial charge is 0.357 e. The third-order valence-corrected chi connectivity index (χ3v) is 7.02. The maximum atomic E-state index is 4.91. The van der Waals surface area contributed by atoms with Gasteiger partial charge in [-0.15, -0.1) is 11.3 Å². The average Bonchev–Trinajstić information content (AvgIpc) is 3.01. The Balaban J connectivity index is 1.65. The lowest BCUT2D eigenvalue weighted by Crippen LogP contribution is -2.38. The molecule has 1 spiro atoms. The minimum Gasteiger partial charge on any atom is -0.357 e. The molecule has 2 aliphatic rings. The van der Waals surface area contributed by atoms with E-state index >= 15 is 0 Å². The van der Waals surface area contributed by atoms with E-state index < -0.39 is 0 Å². The van der Waals surface area contributed by atoms with E-state index in [1.165, 1.54) is 47.9 Å². The lowest BCUT2D eigenvalue weighted by atomic mass is 9.75. The van der Waals surface area contributed by atoms with Gasteiger partial charge in [0.1, 0.15) is 0 Å². The monoisotopic (exact) mass is 322 g/mol. The molecule has 4 heteroatoms. The molecule has 2 heterocycles. The molecular formula is C17H26N2S2. The van der Waals surface area contributed by atoms with Crippen LogP contribution in [-0.4, -0.2) is 17.5 Å². The number of aliphatic imine (C=N–C) groups is 1. The summed E-state index contributed by atoms with van der Waals surface area (Å²) >= 11 is 3.80. The van der Waals surface area contributed by atoms with Gasteiger partial charge in [-0.25, -0.2) is 0 Å². The van der Waals surface area contributed by atoms with E-state index in [9.17, 15) is 0 Å². The second-order valence-corrected chi connectivity index (χ2v) is 8.80. The summed E-state index contributed by atoms with van der Waals surface area (Å²) in [7, 11) is 0. The summed E-state index contributed by atoms with van der Waals surface area (Å²) in [6.07, 6.45) is 7.00. The van der Waals surface area contributed by atoms with Gasteiger partial charge in [-0.1, -0.05) is 50.9 Å². The maximum absolute atomic E-state index is 4.91. The lowest BCUT2D eigenvalue weighted by molar-refractivity contribution is 0.232. The zero-order valence-electron chi connectivity index (χ0n) is 13.1. The predicted octanol–water partition coefficient (Wildman–Crippen LogP) is 5.09. The van der Waals surface area contributed by atoms with Gasteiger partial charge in [0.2, 0.25) is 0 Å². The summed E-state index contributed by atoms with van der Waals surface area (Å²) in [5, 5.41) is 7.03. The van der Waals surface area contributed by atoms with Crippen molar-refractivity contribution in [3.63, 3.8) is 0 Å². The highest BCUT2D eigenvalue weighted by atomic mass is 32.2. The second-order valence-electron chi connectivity index (χ2n) is 6.85. The van der Waals surface area contributed by atoms with E-state index in [1.807, 2.05) is 23.1 Å². The third kappa shape index (κ3) is 3.65. The van der Waals surface area contributed by atoms with Gasteiger partial charge in [-0.05, 0) is 35.6 Å². The highest BCUT2D eigenvalue weighted by Crippen LogP contribution is 2.42. The fraction of sp³-hybridized carbons (Fsp3) is 0.706. The number of thiophene rings is 1. The van der Waals surface area contributed by atoms with Gasteiger partial charge >= 0.3 is 0 Å². The maximum Gasteiger partial charge on any atom is 0.157 e. The highest BCUT2D eigenvalue weighted by molar-refractivity contribution is 8.13. The Kier molecular flexibility index (Phi) is 4.95. The van der Waals surface area contributed by atoms with Gasteiger partial charge in [0.05, 0.1) is 6.04 Å². The first-order chi connectivity index (χ1) is 10.2. The van der Waals surface area contributed by atoms with Crippen LogP contribution >= 0.6 is 23.1 Å². The quantitative estimate of drug-likeness (QED) is 0.838. The zero-order chi connectivity index (χ0) is 14.7. The Bertz CT molecular complexity index is 473. The summed E-state index contributed by atoms with van der Waals surface area (Å²) in [5.41, 5.74) is 0.518. The van der Waals surface area contributed by atoms with Gasteiger partial charge in [0, 0.05) is 17.2 Å². The van der Waals surface area contributed by atoms with Gasteiger partial charge in [0.25, 0.3) is 0 Å². The first kappa shape index (κ1) is 15.4. The van der Waals surface area contributed by atoms with Crippen LogP contribution in [-0.2, 0) is 0 Å². The van der Waals surface area contributed by atoms with Crippen molar-refractivity contribution in [1.29, 1.82) is 0 Å². The van der Waals surface area contributed by atoms with Crippen LogP contribution in [0.5, 0.6) is 0 Å². The third-order valence-electron chi connectivity index (χ3n) is 4.78. The van der Waals surface area contributed by atoms with Crippen LogP contribution < -0.4 is 5.32 Å². The molecule has 21 heavy (non-hydrogen) atoms. The molecule has 1 saturated carbocycles. The average molecular weight is 323 g/mol. The number of nitrogens with one attached hydrogen (secondary N) is 1. The number of hydrogen-bond acceptors (Lipinski definition) is 4. The fourth-order valence-electron chi connectivity index (χ4n) is 3.41. The van der Waals surface area contributed by atoms with Crippen molar-refractivity contribution in [2.75, 3.05) is 12.3 Å². The Morgan fingerprint density at radius 3 is 2.62 bits per heavy atom. The summed E-state index contributed by atoms with van der Waals surface area (Å²) in [6, 6.07) is 4.78. The fourth-order valence-corrected chi connectivity index (χ4v) is 5.55. The van der Waals surface area contributed by atoms with Gasteiger partial charge in [-0.3, -0.25) is 4.99 Å². The standard InChI is InChI=1S/C17H26N2S2/c1-13(2)15(14-7-6-10-20-14)19-16-18-11-17(12-21-16)8-4-3-5-9-17/h6-7,10,13,15H,3-5,8-9,11-12H2,1-2H3,(H,18,19). The molecular weight excluding hydrogens is 296 g/mol. The van der Waals surface area contributed by atoms with Crippen LogP contribution in [0, 0.1) is 11.3 Å². The topological polar surface area (TPSA) is 24.4 Å². The molecule has 1 N–H and O–H groups in total. The first-order valence-electron chi connectivity index (χ1n) is 8.16. The van der Waals surface area contributed by atoms with Crippen LogP contribution in [0.15, 0.2) is 22.5 Å². The predicted molar refractivity (Wildman–Crippen MR) is 95.3 cm³/mol. The Morgan fingerprint density at radius 1 is 1.24 bits per heavy atom. The van der Waals surface area contributed by atoms with Crippen LogP contribution in [0.25, 0.3) is 0 Å². The molecule has 1 aromatic heterocycles. The molecule has 1 fully saturated rings. The molecule has 0 bridgehead atoms. The summed E-state index contributed by atoms with van der Waals surface area (Å²) in [5.74, 6) is 1.84. The number of hydrogen-bond donors (Lipinski definition) is 1. The van der Waals surface area contributed by atoms with E-state index in [4.69, 9.17) is 4.99 Å². The van der Waals surface area contributed by atoms with Crippen molar-refractivity contribution >= 4 is 28.3 Å². The molecule has 1 aliphatic carbocycles. The van der Waals surface area contributed by atoms with Crippen molar-refractivity contribution in [3.8, 4) is 0 Å². The molecule has 1 atom stereocenters. The molecule has 3 rings (SSSR count). The van der Waals surface area contributed by atoms with E-state index in [-0.39, 0.29) is 0 Å². The van der Waals surface area contributed by atoms with Crippen molar-refractivity contribution in [3.05, 3.63) is 22.4 Å². The molecule has 0 radical (unpaired) electrons. The summed E-state index contributed by atoms with van der Waals surface area (Å²) in [4.78, 5) is 6.33. The van der Waals surface area contributed by atoms with Gasteiger partial charge < -0.3 is 5.32 Å². The number of amidine groups is 1. The van der Waals surface area contributed by atoms with Crippen molar-refractivity contribution < 1.29 is 0 Å². The van der Waals surface area contributed by atoms with E-state index in [2.05, 4.69) is 36.7 Å². The summed E-state index contributed by atoms with van der Waals surface area (Å²) < 4.78 is 0. The molecule has 1 aliphatic heterocycles. The molecule has 0 amide bonds. The smallest absolute Gasteiger partial charge is 0.157 e. The highest BCUT2D eigenvalue weighted by Gasteiger charge is 2.35. The minimum absolute atomic E-state index is 0.400. The molecule has 0 saturated heterocycles. The van der Waals surface area contributed by atoms with Crippen LogP contribution in [0.1, 0.15) is 56.9 Å². The SMILES string of the molecule is CC(C)C(NC1=NCC2(CCCCC2)CS1)c1cccs1. The second kappa shape index (κ2) is 6.74. The Labute approximate surface area is 136 Å². The zero-order valence-corrected chi connectivity index (χ0v) is 14.7. The van der Waals surface area contributed by atoms with Crippen molar-refractivity contribution in [1.82, 2.24) is 5.32 Å². The molecule has 1 unspecified atom stereocenters. The van der Waals surface area contributed by atoms with Crippen LogP contribution in [0.2, 0.25) is 0 Å². The Hall–Kier alpha value is -0.480. The Morgan fingerprint density at radius 2 is 2.05 bits per heavy atom.